The molecule has 1 aromatic heterocycles. The van der Waals surface area contributed by atoms with E-state index in [0.29, 0.717) is 12.5 Å². The van der Waals surface area contributed by atoms with Gasteiger partial charge in [-0.15, -0.1) is 0 Å². The van der Waals surface area contributed by atoms with Crippen molar-refractivity contribution < 1.29 is 26.3 Å². The summed E-state index contributed by atoms with van der Waals surface area (Å²) in [6.45, 7) is 5.57. The van der Waals surface area contributed by atoms with Crippen molar-refractivity contribution in [3.63, 3.8) is 0 Å². The number of nitrogens with zero attached hydrogens (tertiary/aromatic N) is 7. The normalized spacial score (nSPS) is 17.8. The number of hydrogen-bond donors (Lipinski definition) is 4. The Morgan fingerprint density at radius 1 is 1.12 bits per heavy atom. The van der Waals surface area contributed by atoms with Crippen LogP contribution in [0.2, 0.25) is 0 Å². The molecule has 0 saturated heterocycles. The van der Waals surface area contributed by atoms with Gasteiger partial charge in [-0.1, -0.05) is 13.8 Å². The Hall–Kier alpha value is -3.50. The molecule has 1 aromatic rings. The van der Waals surface area contributed by atoms with Crippen LogP contribution in [0.3, 0.4) is 0 Å². The molecule has 0 saturated carbocycles. The molecule has 0 aromatic carbocycles. The summed E-state index contributed by atoms with van der Waals surface area (Å²) >= 11 is 9.98. The molecule has 43 heavy (non-hydrogen) atoms. The van der Waals surface area contributed by atoms with Crippen LogP contribution in [0.15, 0.2) is 41.3 Å². The Balaban J connectivity index is 0.000000561. The van der Waals surface area contributed by atoms with Crippen LogP contribution in [0.5, 0.6) is 0 Å². The molecule has 4 rings (SSSR count). The smallest absolute Gasteiger partial charge is 0.372 e. The molecule has 2 atom stereocenters. The highest BCUT2D eigenvalue weighted by Gasteiger charge is 2.28. The maximum atomic E-state index is 11.9. The molecule has 0 fully saturated rings. The van der Waals surface area contributed by atoms with E-state index < -0.39 is 25.4 Å². The van der Waals surface area contributed by atoms with Gasteiger partial charge < -0.3 is 26.7 Å². The molecule has 0 radical (unpaired) electrons. The minimum atomic E-state index is -4.25. The number of hydrazone groups is 2. The van der Waals surface area contributed by atoms with Crippen molar-refractivity contribution in [2.24, 2.45) is 27.8 Å². The summed E-state index contributed by atoms with van der Waals surface area (Å²) in [6.07, 6.45) is 6.35. The number of rotatable bonds is 3. The number of nitrogens with one attached hydrogen (secondary N) is 3. The number of halogens is 6. The Morgan fingerprint density at radius 3 is 2.12 bits per heavy atom. The van der Waals surface area contributed by atoms with Gasteiger partial charge in [0, 0.05) is 62.5 Å². The monoisotopic (exact) mass is 657 g/mol. The fraction of sp³-hybridized carbons (Fsp3) is 0.583. The first-order valence-electron chi connectivity index (χ1n) is 12.9. The van der Waals surface area contributed by atoms with Crippen molar-refractivity contribution in [2.75, 3.05) is 32.8 Å². The molecular formula is C24H37F6N11S2. The lowest BCUT2D eigenvalue weighted by Gasteiger charge is -2.18. The lowest BCUT2D eigenvalue weighted by Crippen LogP contribution is -2.40. The van der Waals surface area contributed by atoms with E-state index in [4.69, 9.17) is 29.7 Å². The second-order valence-corrected chi connectivity index (χ2v) is 9.29. The molecule has 11 nitrogen and oxygen atoms in total. The topological polar surface area (TPSA) is 135 Å². The number of hydrogen-bond acceptors (Lipinski definition) is 9. The van der Waals surface area contributed by atoms with E-state index in [9.17, 15) is 26.3 Å². The van der Waals surface area contributed by atoms with Gasteiger partial charge in [0.05, 0.1) is 25.8 Å². The summed E-state index contributed by atoms with van der Waals surface area (Å²) in [6, 6.07) is 1.75. The highest BCUT2D eigenvalue weighted by molar-refractivity contribution is 7.80. The lowest BCUT2D eigenvalue weighted by molar-refractivity contribution is -0.122. The van der Waals surface area contributed by atoms with Gasteiger partial charge in [-0.25, -0.2) is 9.99 Å². The van der Waals surface area contributed by atoms with E-state index in [1.165, 1.54) is 18.4 Å². The third-order valence-corrected chi connectivity index (χ3v) is 5.91. The van der Waals surface area contributed by atoms with Crippen molar-refractivity contribution in [3.8, 4) is 6.07 Å². The summed E-state index contributed by atoms with van der Waals surface area (Å²) < 4.78 is 69.4. The molecule has 19 heteroatoms. The van der Waals surface area contributed by atoms with Crippen LogP contribution < -0.4 is 21.8 Å². The summed E-state index contributed by atoms with van der Waals surface area (Å²) in [5.41, 5.74) is 7.07. The van der Waals surface area contributed by atoms with Gasteiger partial charge in [0.25, 0.3) is 0 Å². The van der Waals surface area contributed by atoms with E-state index in [1.54, 1.807) is 29.4 Å². The predicted octanol–water partition coefficient (Wildman–Crippen LogP) is 3.74. The lowest BCUT2D eigenvalue weighted by atomic mass is 10.1. The number of imidazole rings is 1. The predicted molar refractivity (Wildman–Crippen MR) is 162 cm³/mol. The molecule has 4 heterocycles. The van der Waals surface area contributed by atoms with Crippen LogP contribution >= 0.6 is 24.4 Å². The van der Waals surface area contributed by atoms with Gasteiger partial charge >= 0.3 is 12.4 Å². The number of nitriles is 1. The third-order valence-electron chi connectivity index (χ3n) is 5.11. The zero-order valence-corrected chi connectivity index (χ0v) is 25.6. The average molecular weight is 658 g/mol. The first-order valence-corrected chi connectivity index (χ1v) is 13.7. The minimum Gasteiger partial charge on any atom is -0.372 e. The van der Waals surface area contributed by atoms with Crippen LogP contribution in [0, 0.1) is 23.2 Å². The number of thiocarbonyl (C=S) groups is 2. The van der Waals surface area contributed by atoms with Crippen LogP contribution in [-0.2, 0) is 0 Å². The molecular weight excluding hydrogens is 620 g/mol. The highest BCUT2D eigenvalue weighted by Crippen LogP contribution is 2.14. The van der Waals surface area contributed by atoms with Crippen molar-refractivity contribution in [3.05, 3.63) is 31.1 Å². The molecule has 0 aliphatic carbocycles. The number of nitrogens with two attached hydrogens (primary N) is 1. The SMILES string of the molecule is CC#N.CCC1C=NN(C(=S)NCC(F)(F)F)C1.CCC1C=NNC1.NCC(F)(F)F.S=C(N1C=CNC1)n1ccnc1. The molecule has 0 amide bonds. The molecule has 3 aliphatic rings. The van der Waals surface area contributed by atoms with E-state index in [0.717, 1.165) is 24.7 Å². The minimum absolute atomic E-state index is 0.0273. The van der Waals surface area contributed by atoms with Gasteiger partial charge in [-0.05, 0) is 37.3 Å². The number of aromatic nitrogens is 2. The summed E-state index contributed by atoms with van der Waals surface area (Å²) in [7, 11) is 0. The quantitative estimate of drug-likeness (QED) is 0.281. The van der Waals surface area contributed by atoms with Crippen molar-refractivity contribution >= 4 is 47.1 Å². The largest absolute Gasteiger partial charge is 0.405 e. The standard InChI is InChI=1S/C8H12F3N3S.C7H8N4S.C5H10N2.C2H4F3N.C2H3N/c1-2-6-3-13-14(4-6)7(15)12-5-8(9,10)11;12-7(10-3-1-8-5-10)11-4-2-9-6-11;1-2-5-3-6-7-4-5;3-2(4,5)1-6;1-2-3/h3,6H,2,4-5H2,1H3,(H,12,15);1-5,9H,6H2;3,5,7H,2,4H2,1H3;1,6H2;1H3. The fourth-order valence-corrected chi connectivity index (χ4v) is 3.18. The molecule has 5 N–H and O–H groups in total. The zero-order valence-electron chi connectivity index (χ0n) is 23.9. The first-order chi connectivity index (χ1) is 20.2. The van der Waals surface area contributed by atoms with Crippen molar-refractivity contribution in [1.82, 2.24) is 35.5 Å². The van der Waals surface area contributed by atoms with Crippen LogP contribution in [0.4, 0.5) is 26.3 Å². The molecule has 0 spiro atoms. The average Bonchev–Trinajstić information content (AvgIpc) is 3.79. The van der Waals surface area contributed by atoms with Crippen LogP contribution in [0.1, 0.15) is 33.6 Å². The van der Waals surface area contributed by atoms with E-state index in [1.807, 2.05) is 36.6 Å². The second-order valence-electron chi connectivity index (χ2n) is 8.54. The highest BCUT2D eigenvalue weighted by atomic mass is 32.1. The molecule has 242 valence electrons. The molecule has 2 unspecified atom stereocenters. The maximum Gasteiger partial charge on any atom is 0.405 e. The Kier molecular flexibility index (Phi) is 19.5. The zero-order chi connectivity index (χ0) is 32.9. The Labute approximate surface area is 257 Å². The Bertz CT molecular complexity index is 1050. The van der Waals surface area contributed by atoms with E-state index in [-0.39, 0.29) is 11.0 Å². The van der Waals surface area contributed by atoms with Gasteiger partial charge in [0.15, 0.2) is 10.2 Å². The first kappa shape index (κ1) is 39.5. The summed E-state index contributed by atoms with van der Waals surface area (Å²) in [5, 5.41) is 22.4. The van der Waals surface area contributed by atoms with Gasteiger partial charge in [-0.3, -0.25) is 4.57 Å². The van der Waals surface area contributed by atoms with Gasteiger partial charge in [0.2, 0.25) is 0 Å². The van der Waals surface area contributed by atoms with Gasteiger partial charge in [-0.2, -0.15) is 41.8 Å². The summed E-state index contributed by atoms with van der Waals surface area (Å²) in [5.74, 6) is 0.968. The second kappa shape index (κ2) is 21.2. The van der Waals surface area contributed by atoms with Gasteiger partial charge in [0.1, 0.15) is 12.9 Å². The van der Waals surface area contributed by atoms with E-state index in [2.05, 4.69) is 43.9 Å². The van der Waals surface area contributed by atoms with Crippen molar-refractivity contribution in [1.29, 1.82) is 5.26 Å². The van der Waals surface area contributed by atoms with Crippen LogP contribution in [0.25, 0.3) is 0 Å². The third kappa shape index (κ3) is 19.3. The van der Waals surface area contributed by atoms with Crippen LogP contribution in [-0.4, -0.2) is 87.3 Å². The molecule has 0 bridgehead atoms. The van der Waals surface area contributed by atoms with E-state index >= 15 is 0 Å². The van der Waals surface area contributed by atoms with Crippen molar-refractivity contribution in [2.45, 2.75) is 46.0 Å². The summed E-state index contributed by atoms with van der Waals surface area (Å²) in [4.78, 5) is 5.85. The number of alkyl halides is 6. The fourth-order valence-electron chi connectivity index (χ4n) is 2.76. The molecule has 3 aliphatic heterocycles. The maximum absolute atomic E-state index is 11.9. The Morgan fingerprint density at radius 2 is 1.74 bits per heavy atom.